The minimum absolute atomic E-state index is 0.0461. The van der Waals surface area contributed by atoms with Gasteiger partial charge in [0, 0.05) is 23.3 Å². The second-order valence-electron chi connectivity index (χ2n) is 6.16. The number of nitrogen functional groups attached to an aromatic ring is 1. The zero-order valence-corrected chi connectivity index (χ0v) is 12.7. The maximum atomic E-state index is 12.0. The molecule has 5 heteroatoms. The highest BCUT2D eigenvalue weighted by atomic mass is 16.1. The third kappa shape index (κ3) is 4.08. The van der Waals surface area contributed by atoms with Crippen molar-refractivity contribution in [3.63, 3.8) is 0 Å². The van der Waals surface area contributed by atoms with Crippen molar-refractivity contribution in [2.45, 2.75) is 32.6 Å². The number of rotatable bonds is 4. The molecular weight excluding hydrogens is 264 g/mol. The molecule has 0 radical (unpaired) electrons. The Labute approximate surface area is 124 Å². The van der Waals surface area contributed by atoms with Gasteiger partial charge in [0.15, 0.2) is 0 Å². The van der Waals surface area contributed by atoms with Crippen LogP contribution in [0.4, 0.5) is 5.69 Å². The summed E-state index contributed by atoms with van der Waals surface area (Å²) < 4.78 is 0. The van der Waals surface area contributed by atoms with Crippen molar-refractivity contribution in [1.29, 1.82) is 0 Å². The monoisotopic (exact) mass is 286 g/mol. The molecule has 0 bridgehead atoms. The lowest BCUT2D eigenvalue weighted by Gasteiger charge is -2.14. The van der Waals surface area contributed by atoms with E-state index >= 15 is 0 Å². The number of nitrogens with zero attached hydrogens (tertiary/aromatic N) is 1. The summed E-state index contributed by atoms with van der Waals surface area (Å²) in [5.74, 6) is -0.155. The van der Waals surface area contributed by atoms with Crippen LogP contribution in [0, 0.1) is 0 Å². The van der Waals surface area contributed by atoms with E-state index in [9.17, 15) is 4.79 Å². The van der Waals surface area contributed by atoms with Gasteiger partial charge in [0.05, 0.1) is 0 Å². The summed E-state index contributed by atoms with van der Waals surface area (Å²) in [6, 6.07) is 9.46. The van der Waals surface area contributed by atoms with Crippen molar-refractivity contribution in [3.8, 4) is 0 Å². The van der Waals surface area contributed by atoms with Gasteiger partial charge in [0.2, 0.25) is 0 Å². The van der Waals surface area contributed by atoms with Crippen LogP contribution in [0.3, 0.4) is 0 Å². The van der Waals surface area contributed by atoms with Crippen molar-refractivity contribution >= 4 is 11.6 Å². The zero-order chi connectivity index (χ0) is 15.5. The molecule has 0 aliphatic carbocycles. The molecular formula is C16H22N4O. The van der Waals surface area contributed by atoms with Crippen LogP contribution in [0.1, 0.15) is 42.5 Å². The summed E-state index contributed by atoms with van der Waals surface area (Å²) >= 11 is 0. The van der Waals surface area contributed by atoms with Crippen LogP contribution in [-0.2, 0) is 11.8 Å². The number of hydrogen-bond donors (Lipinski definition) is 3. The Morgan fingerprint density at radius 1 is 1.29 bits per heavy atom. The third-order valence-corrected chi connectivity index (χ3v) is 3.30. The highest BCUT2D eigenvalue weighted by molar-refractivity contribution is 5.92. The Bertz CT molecular complexity index is 608. The molecule has 2 rings (SSSR count). The minimum Gasteiger partial charge on any atom is -0.399 e. The topological polar surface area (TPSA) is 83.8 Å². The molecule has 0 aliphatic rings. The number of H-pyrrole nitrogens is 1. The normalized spacial score (nSPS) is 11.4. The Morgan fingerprint density at radius 3 is 2.52 bits per heavy atom. The number of anilines is 1. The second kappa shape index (κ2) is 5.99. The van der Waals surface area contributed by atoms with Gasteiger partial charge in [0.1, 0.15) is 5.69 Å². The number of carbonyl (C=O) groups excluding carboxylic acids is 1. The summed E-state index contributed by atoms with van der Waals surface area (Å²) in [7, 11) is 0. The number of nitrogens with one attached hydrogen (secondary N) is 2. The fraction of sp³-hybridized carbons (Fsp3) is 0.375. The molecule has 0 saturated carbocycles. The van der Waals surface area contributed by atoms with Gasteiger partial charge >= 0.3 is 0 Å². The van der Waals surface area contributed by atoms with Crippen molar-refractivity contribution < 1.29 is 4.79 Å². The molecule has 0 fully saturated rings. The van der Waals surface area contributed by atoms with Crippen molar-refractivity contribution in [2.75, 3.05) is 12.3 Å². The molecule has 1 amide bonds. The first kappa shape index (κ1) is 15.1. The van der Waals surface area contributed by atoms with Gasteiger partial charge < -0.3 is 11.1 Å². The average molecular weight is 286 g/mol. The SMILES string of the molecule is CC(C)(C)c1cc(C(=O)NCCc2ccc(N)cc2)n[nH]1. The zero-order valence-electron chi connectivity index (χ0n) is 12.7. The first-order valence-corrected chi connectivity index (χ1v) is 7.05. The van der Waals surface area contributed by atoms with E-state index in [1.165, 1.54) is 0 Å². The Morgan fingerprint density at radius 2 is 1.95 bits per heavy atom. The molecule has 4 N–H and O–H groups in total. The maximum Gasteiger partial charge on any atom is 0.271 e. The highest BCUT2D eigenvalue weighted by Gasteiger charge is 2.19. The van der Waals surface area contributed by atoms with Crippen LogP contribution < -0.4 is 11.1 Å². The van der Waals surface area contributed by atoms with Crippen LogP contribution in [-0.4, -0.2) is 22.6 Å². The van der Waals surface area contributed by atoms with Crippen LogP contribution in [0.25, 0.3) is 0 Å². The summed E-state index contributed by atoms with van der Waals surface area (Å²) in [4.78, 5) is 12.0. The number of aromatic amines is 1. The lowest BCUT2D eigenvalue weighted by atomic mass is 9.92. The second-order valence-corrected chi connectivity index (χ2v) is 6.16. The number of carbonyl (C=O) groups is 1. The summed E-state index contributed by atoms with van der Waals surface area (Å²) in [5, 5.41) is 9.86. The van der Waals surface area contributed by atoms with Crippen molar-refractivity contribution in [2.24, 2.45) is 0 Å². The van der Waals surface area contributed by atoms with E-state index in [4.69, 9.17) is 5.73 Å². The summed E-state index contributed by atoms with van der Waals surface area (Å²) in [6.45, 7) is 6.79. The molecule has 0 spiro atoms. The standard InChI is InChI=1S/C16H22N4O/c1-16(2,3)14-10-13(19-20-14)15(21)18-9-8-11-4-6-12(17)7-5-11/h4-7,10H,8-9,17H2,1-3H3,(H,18,21)(H,19,20). The average Bonchev–Trinajstić information content (AvgIpc) is 2.90. The van der Waals surface area contributed by atoms with Gasteiger partial charge in [-0.05, 0) is 30.2 Å². The van der Waals surface area contributed by atoms with Gasteiger partial charge in [-0.3, -0.25) is 9.89 Å². The smallest absolute Gasteiger partial charge is 0.271 e. The Balaban J connectivity index is 1.87. The number of hydrogen-bond acceptors (Lipinski definition) is 3. The number of amides is 1. The molecule has 0 atom stereocenters. The van der Waals surface area contributed by atoms with Crippen LogP contribution in [0.5, 0.6) is 0 Å². The van der Waals surface area contributed by atoms with Gasteiger partial charge in [-0.2, -0.15) is 5.10 Å². The Hall–Kier alpha value is -2.30. The predicted octanol–water partition coefficient (Wildman–Crippen LogP) is 2.26. The molecule has 112 valence electrons. The lowest BCUT2D eigenvalue weighted by molar-refractivity contribution is 0.0949. The van der Waals surface area contributed by atoms with Crippen LogP contribution >= 0.6 is 0 Å². The molecule has 0 saturated heterocycles. The molecule has 0 unspecified atom stereocenters. The van der Waals surface area contributed by atoms with E-state index < -0.39 is 0 Å². The third-order valence-electron chi connectivity index (χ3n) is 3.30. The summed E-state index contributed by atoms with van der Waals surface area (Å²) in [6.07, 6.45) is 0.766. The molecule has 0 aliphatic heterocycles. The van der Waals surface area contributed by atoms with E-state index in [1.807, 2.05) is 24.3 Å². The first-order valence-electron chi connectivity index (χ1n) is 7.05. The van der Waals surface area contributed by atoms with E-state index in [0.717, 1.165) is 23.4 Å². The van der Waals surface area contributed by atoms with E-state index in [2.05, 4.69) is 36.3 Å². The molecule has 1 aromatic heterocycles. The molecule has 1 heterocycles. The van der Waals surface area contributed by atoms with Crippen LogP contribution in [0.15, 0.2) is 30.3 Å². The van der Waals surface area contributed by atoms with Gasteiger partial charge in [-0.1, -0.05) is 32.9 Å². The van der Waals surface area contributed by atoms with Crippen molar-refractivity contribution in [1.82, 2.24) is 15.5 Å². The van der Waals surface area contributed by atoms with Gasteiger partial charge in [-0.25, -0.2) is 0 Å². The number of aromatic nitrogens is 2. The first-order chi connectivity index (χ1) is 9.86. The molecule has 2 aromatic rings. The number of nitrogens with two attached hydrogens (primary N) is 1. The lowest BCUT2D eigenvalue weighted by Crippen LogP contribution is -2.26. The van der Waals surface area contributed by atoms with E-state index in [0.29, 0.717) is 12.2 Å². The Kier molecular flexibility index (Phi) is 4.31. The van der Waals surface area contributed by atoms with Crippen molar-refractivity contribution in [3.05, 3.63) is 47.3 Å². The minimum atomic E-state index is -0.155. The van der Waals surface area contributed by atoms with E-state index in [-0.39, 0.29) is 11.3 Å². The van der Waals surface area contributed by atoms with Gasteiger partial charge in [-0.15, -0.1) is 0 Å². The fourth-order valence-corrected chi connectivity index (χ4v) is 1.92. The quantitative estimate of drug-likeness (QED) is 0.754. The molecule has 1 aromatic carbocycles. The highest BCUT2D eigenvalue weighted by Crippen LogP contribution is 2.20. The molecule has 21 heavy (non-hydrogen) atoms. The fourth-order valence-electron chi connectivity index (χ4n) is 1.92. The van der Waals surface area contributed by atoms with Crippen LogP contribution in [0.2, 0.25) is 0 Å². The summed E-state index contributed by atoms with van der Waals surface area (Å²) in [5.41, 5.74) is 8.85. The largest absolute Gasteiger partial charge is 0.399 e. The van der Waals surface area contributed by atoms with E-state index in [1.54, 1.807) is 6.07 Å². The number of benzene rings is 1. The molecule has 5 nitrogen and oxygen atoms in total. The predicted molar refractivity (Wildman–Crippen MR) is 84.2 cm³/mol. The maximum absolute atomic E-state index is 12.0. The van der Waals surface area contributed by atoms with Gasteiger partial charge in [0.25, 0.3) is 5.91 Å².